The standard InChI is InChI=1S/C24H29BN2O4.C18H17BrN2O2/c1-17(18-8-7-9-21(16-18)29-6)26-14-15-27(22(26)28)20-12-10-19(11-13-20)25-30-23(2,3)24(4,5)31-25;1-13(14-4-3-5-17(12-14)23-2)20-10-11-21(18(20)22)16-8-6-15(19)7-9-16/h7-17H,1-6H3;3-13H,1-2H3. The zero-order valence-electron chi connectivity index (χ0n) is 31.9. The summed E-state index contributed by atoms with van der Waals surface area (Å²) in [6.45, 7) is 12.1. The normalized spacial score (nSPS) is 15.6. The van der Waals surface area contributed by atoms with Crippen LogP contribution in [0.2, 0.25) is 0 Å². The number of rotatable bonds is 9. The van der Waals surface area contributed by atoms with Crippen molar-refractivity contribution in [3.05, 3.63) is 158 Å². The maximum absolute atomic E-state index is 13.1. The van der Waals surface area contributed by atoms with Crippen LogP contribution in [-0.2, 0) is 9.31 Å². The summed E-state index contributed by atoms with van der Waals surface area (Å²) in [4.78, 5) is 25.8. The van der Waals surface area contributed by atoms with E-state index in [-0.39, 0.29) is 34.7 Å². The Morgan fingerprint density at radius 2 is 1.02 bits per heavy atom. The lowest BCUT2D eigenvalue weighted by atomic mass is 9.79. The molecule has 0 spiro atoms. The van der Waals surface area contributed by atoms with Crippen molar-refractivity contribution < 1.29 is 18.8 Å². The van der Waals surface area contributed by atoms with Crippen LogP contribution in [0.25, 0.3) is 11.4 Å². The molecule has 2 unspecified atom stereocenters. The van der Waals surface area contributed by atoms with Crippen molar-refractivity contribution in [2.45, 2.75) is 64.8 Å². The maximum Gasteiger partial charge on any atom is 0.494 e. The molecular weight excluding hydrogens is 747 g/mol. The lowest BCUT2D eigenvalue weighted by Gasteiger charge is -2.32. The molecule has 1 aliphatic rings. The average Bonchev–Trinajstić information content (AvgIpc) is 3.82. The molecule has 0 aliphatic carbocycles. The van der Waals surface area contributed by atoms with Gasteiger partial charge in [0.25, 0.3) is 0 Å². The van der Waals surface area contributed by atoms with E-state index in [1.54, 1.807) is 44.9 Å². The minimum absolute atomic E-state index is 0.0670. The fourth-order valence-corrected chi connectivity index (χ4v) is 6.52. The number of methoxy groups -OCH3 is 2. The van der Waals surface area contributed by atoms with Crippen LogP contribution in [0, 0.1) is 0 Å². The molecule has 0 N–H and O–H groups in total. The Morgan fingerprint density at radius 3 is 1.43 bits per heavy atom. The van der Waals surface area contributed by atoms with Gasteiger partial charge in [-0.1, -0.05) is 52.3 Å². The van der Waals surface area contributed by atoms with Crippen LogP contribution in [0.1, 0.15) is 64.8 Å². The quantitative estimate of drug-likeness (QED) is 0.140. The van der Waals surface area contributed by atoms with Gasteiger partial charge >= 0.3 is 18.5 Å². The summed E-state index contributed by atoms with van der Waals surface area (Å²) in [5.41, 5.74) is 3.66. The van der Waals surface area contributed by atoms with E-state index in [4.69, 9.17) is 18.8 Å². The van der Waals surface area contributed by atoms with Crippen molar-refractivity contribution in [3.8, 4) is 22.9 Å². The summed E-state index contributed by atoms with van der Waals surface area (Å²) in [5, 5.41) is 0. The Morgan fingerprint density at radius 1 is 0.611 bits per heavy atom. The van der Waals surface area contributed by atoms with Crippen LogP contribution in [0.4, 0.5) is 0 Å². The van der Waals surface area contributed by atoms with Crippen LogP contribution in [0.15, 0.2) is 136 Å². The molecule has 12 heteroatoms. The van der Waals surface area contributed by atoms with Crippen LogP contribution < -0.4 is 26.3 Å². The first-order valence-electron chi connectivity index (χ1n) is 17.8. The predicted molar refractivity (Wildman–Crippen MR) is 217 cm³/mol. The highest BCUT2D eigenvalue weighted by molar-refractivity contribution is 9.10. The minimum Gasteiger partial charge on any atom is -0.497 e. The van der Waals surface area contributed by atoms with Gasteiger partial charge in [0.2, 0.25) is 0 Å². The van der Waals surface area contributed by atoms with E-state index in [1.165, 1.54) is 0 Å². The van der Waals surface area contributed by atoms with E-state index < -0.39 is 7.12 Å². The third-order valence-corrected chi connectivity index (χ3v) is 10.9. The highest BCUT2D eigenvalue weighted by atomic mass is 79.9. The highest BCUT2D eigenvalue weighted by Gasteiger charge is 2.51. The van der Waals surface area contributed by atoms with Gasteiger partial charge in [0.15, 0.2) is 0 Å². The molecule has 3 heterocycles. The largest absolute Gasteiger partial charge is 0.497 e. The predicted octanol–water partition coefficient (Wildman–Crippen LogP) is 7.58. The summed E-state index contributed by atoms with van der Waals surface area (Å²) in [6, 6.07) is 30.8. The second-order valence-corrected chi connectivity index (χ2v) is 15.2. The molecule has 2 aromatic heterocycles. The van der Waals surface area contributed by atoms with Crippen LogP contribution >= 0.6 is 15.9 Å². The molecule has 0 amide bonds. The zero-order valence-corrected chi connectivity index (χ0v) is 33.5. The molecule has 54 heavy (non-hydrogen) atoms. The first-order valence-corrected chi connectivity index (χ1v) is 18.6. The second-order valence-electron chi connectivity index (χ2n) is 14.3. The minimum atomic E-state index is -0.423. The van der Waals surface area contributed by atoms with Gasteiger partial charge < -0.3 is 18.8 Å². The highest BCUT2D eigenvalue weighted by Crippen LogP contribution is 2.36. The Bertz CT molecular complexity index is 2310. The van der Waals surface area contributed by atoms with Crippen molar-refractivity contribution in [2.24, 2.45) is 0 Å². The molecule has 6 aromatic rings. The van der Waals surface area contributed by atoms with E-state index in [0.717, 1.165) is 43.9 Å². The third-order valence-electron chi connectivity index (χ3n) is 10.4. The molecule has 0 radical (unpaired) electrons. The van der Waals surface area contributed by atoms with Gasteiger partial charge in [-0.2, -0.15) is 0 Å². The summed E-state index contributed by atoms with van der Waals surface area (Å²) in [6.07, 6.45) is 7.22. The van der Waals surface area contributed by atoms with E-state index >= 15 is 0 Å². The number of nitrogens with zero attached hydrogens (tertiary/aromatic N) is 4. The molecule has 1 aliphatic heterocycles. The molecule has 280 valence electrons. The Kier molecular flexibility index (Phi) is 11.3. The SMILES string of the molecule is COc1cccc(C(C)n2ccn(-c3ccc(B4OC(C)(C)C(C)(C)O4)cc3)c2=O)c1.COc1cccc(C(C)n2ccn(-c3ccc(Br)cc3)c2=O)c1. The van der Waals surface area contributed by atoms with Crippen molar-refractivity contribution in [1.29, 1.82) is 0 Å². The monoisotopic (exact) mass is 792 g/mol. The Balaban J connectivity index is 0.000000193. The molecule has 0 saturated carbocycles. The average molecular weight is 794 g/mol. The van der Waals surface area contributed by atoms with E-state index in [9.17, 15) is 9.59 Å². The Labute approximate surface area is 324 Å². The Hall–Kier alpha value is -5.04. The van der Waals surface area contributed by atoms with Crippen LogP contribution in [0.3, 0.4) is 0 Å². The molecule has 4 aromatic carbocycles. The van der Waals surface area contributed by atoms with E-state index in [0.29, 0.717) is 0 Å². The first kappa shape index (κ1) is 38.7. The molecule has 2 atom stereocenters. The summed E-state index contributed by atoms with van der Waals surface area (Å²) in [7, 11) is 2.85. The van der Waals surface area contributed by atoms with Crippen molar-refractivity contribution in [2.75, 3.05) is 14.2 Å². The number of imidazole rings is 2. The van der Waals surface area contributed by atoms with E-state index in [1.807, 2.05) is 151 Å². The van der Waals surface area contributed by atoms with Gasteiger partial charge in [-0.3, -0.25) is 18.3 Å². The number of halogens is 1. The summed E-state index contributed by atoms with van der Waals surface area (Å²) in [5.74, 6) is 1.56. The molecule has 10 nitrogen and oxygen atoms in total. The maximum atomic E-state index is 13.1. The van der Waals surface area contributed by atoms with Gasteiger partial charge in [-0.05, 0) is 119 Å². The lowest BCUT2D eigenvalue weighted by Crippen LogP contribution is -2.41. The molecule has 7 rings (SSSR count). The van der Waals surface area contributed by atoms with Crippen molar-refractivity contribution in [3.63, 3.8) is 0 Å². The fraction of sp³-hybridized carbons (Fsp3) is 0.286. The summed E-state index contributed by atoms with van der Waals surface area (Å²) >= 11 is 3.40. The number of benzene rings is 4. The zero-order chi connectivity index (χ0) is 38.8. The van der Waals surface area contributed by atoms with Gasteiger partial charge in [-0.15, -0.1) is 0 Å². The second kappa shape index (κ2) is 15.7. The first-order chi connectivity index (χ1) is 25.7. The third kappa shape index (κ3) is 7.92. The van der Waals surface area contributed by atoms with Crippen molar-refractivity contribution >= 4 is 28.5 Å². The van der Waals surface area contributed by atoms with Crippen LogP contribution in [0.5, 0.6) is 11.5 Å². The lowest BCUT2D eigenvalue weighted by molar-refractivity contribution is 0.00578. The molecule has 1 fully saturated rings. The molecular formula is C42H46BBrN4O6. The fourth-order valence-electron chi connectivity index (χ4n) is 6.26. The topological polar surface area (TPSA) is 90.8 Å². The number of hydrogen-bond acceptors (Lipinski definition) is 6. The molecule has 1 saturated heterocycles. The van der Waals surface area contributed by atoms with Crippen molar-refractivity contribution in [1.82, 2.24) is 18.3 Å². The number of hydrogen-bond donors (Lipinski definition) is 0. The smallest absolute Gasteiger partial charge is 0.494 e. The van der Waals surface area contributed by atoms with Crippen LogP contribution in [-0.4, -0.2) is 50.8 Å². The number of aromatic nitrogens is 4. The van der Waals surface area contributed by atoms with E-state index in [2.05, 4.69) is 15.9 Å². The summed E-state index contributed by atoms with van der Waals surface area (Å²) < 4.78 is 30.5. The van der Waals surface area contributed by atoms with Gasteiger partial charge in [0.1, 0.15) is 11.5 Å². The molecule has 0 bridgehead atoms. The van der Waals surface area contributed by atoms with Gasteiger partial charge in [0, 0.05) is 29.3 Å². The van der Waals surface area contributed by atoms with Gasteiger partial charge in [0.05, 0.1) is 48.9 Å². The number of ether oxygens (including phenoxy) is 2. The van der Waals surface area contributed by atoms with Gasteiger partial charge in [-0.25, -0.2) is 9.59 Å².